The maximum Gasteiger partial charge on any atom is 0.430 e. The first-order valence-electron chi connectivity index (χ1n) is 8.89. The summed E-state index contributed by atoms with van der Waals surface area (Å²) in [7, 11) is -4.26. The van der Waals surface area contributed by atoms with E-state index >= 15 is 0 Å². The molecule has 1 heterocycles. The molecule has 0 saturated heterocycles. The highest BCUT2D eigenvalue weighted by Crippen LogP contribution is 2.51. The van der Waals surface area contributed by atoms with Crippen LogP contribution in [0.4, 0.5) is 36.4 Å². The van der Waals surface area contributed by atoms with Crippen LogP contribution in [0.5, 0.6) is 0 Å². The Morgan fingerprint density at radius 2 is 1.52 bits per heavy atom. The molecular weight excluding hydrogens is 455 g/mol. The zero-order chi connectivity index (χ0) is 23.4. The Bertz CT molecular complexity index is 1070. The third kappa shape index (κ3) is 3.75. The van der Waals surface area contributed by atoms with Gasteiger partial charge < -0.3 is 5.11 Å². The summed E-state index contributed by atoms with van der Waals surface area (Å²) in [5.41, 5.74) is -6.79. The highest BCUT2D eigenvalue weighted by Gasteiger charge is 2.71. The molecule has 2 aromatic carbocycles. The summed E-state index contributed by atoms with van der Waals surface area (Å²) >= 11 is 0. The molecule has 170 valence electrons. The van der Waals surface area contributed by atoms with Gasteiger partial charge in [0, 0.05) is 12.1 Å². The molecule has 4 nitrogen and oxygen atoms in total. The fourth-order valence-corrected chi connectivity index (χ4v) is 4.97. The number of sulfonamides is 1. The van der Waals surface area contributed by atoms with Crippen molar-refractivity contribution in [2.45, 2.75) is 42.1 Å². The predicted octanol–water partition coefficient (Wildman–Crippen LogP) is 4.84. The van der Waals surface area contributed by atoms with Crippen molar-refractivity contribution in [3.05, 3.63) is 59.4 Å². The van der Waals surface area contributed by atoms with Gasteiger partial charge in [-0.2, -0.15) is 26.3 Å². The molecular formula is C19H16F7NO3S. The van der Waals surface area contributed by atoms with E-state index in [1.165, 1.54) is 6.92 Å². The van der Waals surface area contributed by atoms with Crippen molar-refractivity contribution in [1.29, 1.82) is 0 Å². The van der Waals surface area contributed by atoms with Crippen molar-refractivity contribution in [2.75, 3.05) is 10.8 Å². The summed E-state index contributed by atoms with van der Waals surface area (Å²) in [4.78, 5) is -0.291. The Morgan fingerprint density at radius 1 is 0.968 bits per heavy atom. The van der Waals surface area contributed by atoms with Crippen LogP contribution in [0.3, 0.4) is 0 Å². The minimum absolute atomic E-state index is 0.0873. The maximum atomic E-state index is 13.2. The summed E-state index contributed by atoms with van der Waals surface area (Å²) < 4.78 is 119. The van der Waals surface area contributed by atoms with E-state index in [2.05, 4.69) is 0 Å². The first-order valence-corrected chi connectivity index (χ1v) is 10.3. The Labute approximate surface area is 173 Å². The van der Waals surface area contributed by atoms with Crippen molar-refractivity contribution in [3.8, 4) is 0 Å². The molecule has 0 fully saturated rings. The van der Waals surface area contributed by atoms with Gasteiger partial charge in [-0.1, -0.05) is 13.0 Å². The first kappa shape index (κ1) is 23.3. The zero-order valence-corrected chi connectivity index (χ0v) is 16.6. The van der Waals surface area contributed by atoms with E-state index < -0.39 is 45.3 Å². The van der Waals surface area contributed by atoms with Crippen LogP contribution in [0.2, 0.25) is 0 Å². The molecule has 0 radical (unpaired) electrons. The van der Waals surface area contributed by atoms with Crippen LogP contribution < -0.4 is 4.31 Å². The van der Waals surface area contributed by atoms with Gasteiger partial charge in [0.15, 0.2) is 0 Å². The monoisotopic (exact) mass is 471 g/mol. The highest BCUT2D eigenvalue weighted by molar-refractivity contribution is 7.92. The van der Waals surface area contributed by atoms with Crippen molar-refractivity contribution in [1.82, 2.24) is 0 Å². The minimum atomic E-state index is -6.06. The van der Waals surface area contributed by atoms with Gasteiger partial charge in [-0.3, -0.25) is 4.31 Å². The van der Waals surface area contributed by atoms with E-state index in [1.807, 2.05) is 0 Å². The lowest BCUT2D eigenvalue weighted by Gasteiger charge is -2.37. The molecule has 0 saturated carbocycles. The van der Waals surface area contributed by atoms with Crippen LogP contribution in [0.15, 0.2) is 47.4 Å². The number of hydrogen-bond acceptors (Lipinski definition) is 3. The molecule has 31 heavy (non-hydrogen) atoms. The molecule has 1 unspecified atom stereocenters. The fourth-order valence-electron chi connectivity index (χ4n) is 3.46. The van der Waals surface area contributed by atoms with Gasteiger partial charge in [0.1, 0.15) is 5.82 Å². The van der Waals surface area contributed by atoms with E-state index in [-0.39, 0.29) is 29.1 Å². The summed E-state index contributed by atoms with van der Waals surface area (Å²) in [6.07, 6.45) is -12.0. The molecule has 1 aliphatic rings. The summed E-state index contributed by atoms with van der Waals surface area (Å²) in [5.74, 6) is -1.27. The molecule has 1 N–H and O–H groups in total. The highest BCUT2D eigenvalue weighted by atomic mass is 32.2. The molecule has 0 aromatic heterocycles. The van der Waals surface area contributed by atoms with Gasteiger partial charge in [-0.05, 0) is 54.3 Å². The van der Waals surface area contributed by atoms with Crippen LogP contribution >= 0.6 is 0 Å². The van der Waals surface area contributed by atoms with Crippen LogP contribution in [-0.2, 0) is 15.6 Å². The Kier molecular flexibility index (Phi) is 5.54. The summed E-state index contributed by atoms with van der Waals surface area (Å²) in [6, 6.07) is 5.58. The SMILES string of the molecule is CC1CCN(S(=O)(=O)c2ccc(F)cc2)c2ccc(C(O)(C(F)(F)F)C(F)(F)F)cc21. The minimum Gasteiger partial charge on any atom is -0.369 e. The largest absolute Gasteiger partial charge is 0.430 e. The average molecular weight is 471 g/mol. The number of rotatable bonds is 3. The molecule has 3 rings (SSSR count). The van der Waals surface area contributed by atoms with Gasteiger partial charge in [0.05, 0.1) is 10.6 Å². The Morgan fingerprint density at radius 3 is 2.03 bits per heavy atom. The molecule has 1 aliphatic heterocycles. The number of anilines is 1. The van der Waals surface area contributed by atoms with Crippen molar-refractivity contribution in [3.63, 3.8) is 0 Å². The van der Waals surface area contributed by atoms with Gasteiger partial charge in [-0.15, -0.1) is 0 Å². The maximum absolute atomic E-state index is 13.2. The molecule has 12 heteroatoms. The summed E-state index contributed by atoms with van der Waals surface area (Å²) in [5, 5.41) is 9.66. The number of benzene rings is 2. The first-order chi connectivity index (χ1) is 14.1. The molecule has 1 atom stereocenters. The quantitative estimate of drug-likeness (QED) is 0.652. The average Bonchev–Trinajstić information content (AvgIpc) is 2.66. The lowest BCUT2D eigenvalue weighted by Crippen LogP contribution is -2.54. The van der Waals surface area contributed by atoms with E-state index in [9.17, 15) is 44.3 Å². The second-order valence-electron chi connectivity index (χ2n) is 7.20. The smallest absolute Gasteiger partial charge is 0.369 e. The predicted molar refractivity (Wildman–Crippen MR) is 96.4 cm³/mol. The Balaban J connectivity index is 2.15. The van der Waals surface area contributed by atoms with Gasteiger partial charge in [0.25, 0.3) is 15.6 Å². The summed E-state index contributed by atoms with van der Waals surface area (Å²) in [6.45, 7) is 1.43. The standard InChI is InChI=1S/C19H16F7NO3S/c1-11-8-9-27(31(29,30)14-5-3-13(20)4-6-14)16-7-2-12(10-15(11)16)17(28,18(21,22)23)19(24,25)26/h2-7,10-11,28H,8-9H2,1H3. The molecule has 0 bridgehead atoms. The van der Waals surface area contributed by atoms with Crippen LogP contribution in [-0.4, -0.2) is 32.4 Å². The van der Waals surface area contributed by atoms with Crippen molar-refractivity contribution < 1.29 is 44.3 Å². The third-order valence-electron chi connectivity index (χ3n) is 5.23. The van der Waals surface area contributed by atoms with E-state index in [0.29, 0.717) is 12.1 Å². The third-order valence-corrected chi connectivity index (χ3v) is 7.06. The van der Waals surface area contributed by atoms with Gasteiger partial charge >= 0.3 is 12.4 Å². The van der Waals surface area contributed by atoms with E-state index in [0.717, 1.165) is 34.6 Å². The second kappa shape index (κ2) is 7.37. The number of halogens is 7. The zero-order valence-electron chi connectivity index (χ0n) is 15.8. The number of alkyl halides is 6. The molecule has 0 amide bonds. The number of aliphatic hydroxyl groups is 1. The van der Waals surface area contributed by atoms with Gasteiger partial charge in [0.2, 0.25) is 0 Å². The van der Waals surface area contributed by atoms with Crippen LogP contribution in [0.25, 0.3) is 0 Å². The lowest BCUT2D eigenvalue weighted by atomic mass is 9.85. The Hall–Kier alpha value is -2.34. The number of fused-ring (bicyclic) bond motifs is 1. The normalized spacial score (nSPS) is 18.1. The molecule has 0 spiro atoms. The van der Waals surface area contributed by atoms with Crippen LogP contribution in [0.1, 0.15) is 30.4 Å². The topological polar surface area (TPSA) is 57.6 Å². The van der Waals surface area contributed by atoms with E-state index in [1.54, 1.807) is 0 Å². The van der Waals surface area contributed by atoms with Gasteiger partial charge in [-0.25, -0.2) is 12.8 Å². The van der Waals surface area contributed by atoms with Crippen LogP contribution in [0, 0.1) is 5.82 Å². The second-order valence-corrected chi connectivity index (χ2v) is 9.06. The molecule has 2 aromatic rings. The van der Waals surface area contributed by atoms with Crippen molar-refractivity contribution >= 4 is 15.7 Å². The number of nitrogens with zero attached hydrogens (tertiary/aromatic N) is 1. The van der Waals surface area contributed by atoms with E-state index in [4.69, 9.17) is 0 Å². The molecule has 0 aliphatic carbocycles. The lowest BCUT2D eigenvalue weighted by molar-refractivity contribution is -0.376. The fraction of sp³-hybridized carbons (Fsp3) is 0.368. The van der Waals surface area contributed by atoms with Crippen molar-refractivity contribution in [2.24, 2.45) is 0 Å². The number of hydrogen-bond donors (Lipinski definition) is 1.